The van der Waals surface area contributed by atoms with Crippen molar-refractivity contribution in [1.29, 1.82) is 5.26 Å². The third kappa shape index (κ3) is 1.55. The van der Waals surface area contributed by atoms with Gasteiger partial charge < -0.3 is 0 Å². The summed E-state index contributed by atoms with van der Waals surface area (Å²) in [7, 11) is 0. The summed E-state index contributed by atoms with van der Waals surface area (Å²) < 4.78 is 0. The lowest BCUT2D eigenvalue weighted by atomic mass is 9.67. The predicted octanol–water partition coefficient (Wildman–Crippen LogP) is 2.32. The fraction of sp³-hybridized carbons (Fsp3) is 0.455. The van der Waals surface area contributed by atoms with Crippen LogP contribution in [0.5, 0.6) is 0 Å². The zero-order chi connectivity index (χ0) is 9.15. The Morgan fingerprint density at radius 3 is 2.85 bits per heavy atom. The third-order valence-corrected chi connectivity index (χ3v) is 2.81. The zero-order valence-corrected chi connectivity index (χ0v) is 7.53. The minimum atomic E-state index is -0.0664. The molecule has 1 saturated carbocycles. The molecule has 1 aliphatic rings. The monoisotopic (exact) mass is 172 g/mol. The first-order valence-electron chi connectivity index (χ1n) is 4.65. The molecule has 0 aromatic carbocycles. The molecule has 0 N–H and O–H groups in total. The molecule has 0 spiro atoms. The summed E-state index contributed by atoms with van der Waals surface area (Å²) in [6, 6.07) is 6.41. The van der Waals surface area contributed by atoms with Gasteiger partial charge in [-0.2, -0.15) is 5.26 Å². The van der Waals surface area contributed by atoms with E-state index in [1.807, 2.05) is 18.3 Å². The van der Waals surface area contributed by atoms with E-state index in [0.29, 0.717) is 0 Å². The quantitative estimate of drug-likeness (QED) is 0.686. The molecule has 13 heavy (non-hydrogen) atoms. The molecule has 0 radical (unpaired) electrons. The maximum atomic E-state index is 9.03. The Kier molecular flexibility index (Phi) is 2.02. The largest absolute Gasteiger partial charge is 0.264 e. The number of nitriles is 1. The Morgan fingerprint density at radius 2 is 2.38 bits per heavy atom. The zero-order valence-electron chi connectivity index (χ0n) is 7.53. The second-order valence-corrected chi connectivity index (χ2v) is 3.78. The van der Waals surface area contributed by atoms with E-state index in [0.717, 1.165) is 19.3 Å². The molecule has 1 heterocycles. The fourth-order valence-electron chi connectivity index (χ4n) is 1.83. The van der Waals surface area contributed by atoms with Gasteiger partial charge in [-0.15, -0.1) is 0 Å². The molecule has 2 heteroatoms. The van der Waals surface area contributed by atoms with Crippen LogP contribution in [-0.2, 0) is 6.42 Å². The van der Waals surface area contributed by atoms with Crippen molar-refractivity contribution in [1.82, 2.24) is 4.98 Å². The number of aromatic nitrogens is 1. The Bertz CT molecular complexity index is 320. The molecule has 1 aromatic heterocycles. The van der Waals surface area contributed by atoms with Crippen molar-refractivity contribution < 1.29 is 0 Å². The molecule has 1 aromatic rings. The van der Waals surface area contributed by atoms with Crippen molar-refractivity contribution in [2.24, 2.45) is 5.41 Å². The third-order valence-electron chi connectivity index (χ3n) is 2.81. The molecular formula is C11H12N2. The average Bonchev–Trinajstić information content (AvgIpc) is 2.13. The maximum Gasteiger partial charge on any atom is 0.0693 e. The average molecular weight is 172 g/mol. The van der Waals surface area contributed by atoms with E-state index >= 15 is 0 Å². The number of hydrogen-bond donors (Lipinski definition) is 0. The van der Waals surface area contributed by atoms with Crippen LogP contribution in [0.3, 0.4) is 0 Å². The molecule has 2 nitrogen and oxygen atoms in total. The summed E-state index contributed by atoms with van der Waals surface area (Å²) in [5, 5.41) is 9.03. The number of nitrogens with zero attached hydrogens (tertiary/aromatic N) is 2. The van der Waals surface area contributed by atoms with Crippen LogP contribution >= 0.6 is 0 Å². The van der Waals surface area contributed by atoms with E-state index in [-0.39, 0.29) is 5.41 Å². The second kappa shape index (κ2) is 3.18. The highest BCUT2D eigenvalue weighted by Crippen LogP contribution is 2.42. The van der Waals surface area contributed by atoms with E-state index in [2.05, 4.69) is 11.1 Å². The smallest absolute Gasteiger partial charge is 0.0693 e. The SMILES string of the molecule is N#CC1(Cc2cccnc2)CCC1. The van der Waals surface area contributed by atoms with Gasteiger partial charge in [0.15, 0.2) is 0 Å². The number of rotatable bonds is 2. The summed E-state index contributed by atoms with van der Waals surface area (Å²) >= 11 is 0. The highest BCUT2D eigenvalue weighted by molar-refractivity contribution is 5.17. The van der Waals surface area contributed by atoms with Crippen LogP contribution in [0.4, 0.5) is 0 Å². The highest BCUT2D eigenvalue weighted by atomic mass is 14.6. The molecule has 66 valence electrons. The Hall–Kier alpha value is -1.36. The molecular weight excluding hydrogens is 160 g/mol. The molecule has 0 amide bonds. The summed E-state index contributed by atoms with van der Waals surface area (Å²) in [4.78, 5) is 4.05. The lowest BCUT2D eigenvalue weighted by molar-refractivity contribution is 0.214. The summed E-state index contributed by atoms with van der Waals surface area (Å²) in [6.07, 6.45) is 7.81. The van der Waals surface area contributed by atoms with Crippen LogP contribution in [0.2, 0.25) is 0 Å². The molecule has 1 aliphatic carbocycles. The van der Waals surface area contributed by atoms with E-state index in [1.54, 1.807) is 6.20 Å². The lowest BCUT2D eigenvalue weighted by Crippen LogP contribution is -2.29. The van der Waals surface area contributed by atoms with Crippen LogP contribution < -0.4 is 0 Å². The van der Waals surface area contributed by atoms with Gasteiger partial charge >= 0.3 is 0 Å². The van der Waals surface area contributed by atoms with E-state index in [4.69, 9.17) is 5.26 Å². The van der Waals surface area contributed by atoms with Crippen molar-refractivity contribution >= 4 is 0 Å². The van der Waals surface area contributed by atoms with E-state index in [9.17, 15) is 0 Å². The maximum absolute atomic E-state index is 9.03. The summed E-state index contributed by atoms with van der Waals surface area (Å²) in [5.74, 6) is 0. The molecule has 0 saturated heterocycles. The van der Waals surface area contributed by atoms with Gasteiger partial charge in [-0.1, -0.05) is 12.5 Å². The second-order valence-electron chi connectivity index (χ2n) is 3.78. The Labute approximate surface area is 78.2 Å². The highest BCUT2D eigenvalue weighted by Gasteiger charge is 2.37. The van der Waals surface area contributed by atoms with E-state index < -0.39 is 0 Å². The van der Waals surface area contributed by atoms with Crippen molar-refractivity contribution in [2.45, 2.75) is 25.7 Å². The summed E-state index contributed by atoms with van der Waals surface area (Å²) in [6.45, 7) is 0. The van der Waals surface area contributed by atoms with Crippen molar-refractivity contribution in [3.63, 3.8) is 0 Å². The van der Waals surface area contributed by atoms with Gasteiger partial charge in [0.1, 0.15) is 0 Å². The van der Waals surface area contributed by atoms with Gasteiger partial charge in [-0.25, -0.2) is 0 Å². The predicted molar refractivity (Wildman–Crippen MR) is 49.8 cm³/mol. The minimum absolute atomic E-state index is 0.0664. The van der Waals surface area contributed by atoms with Crippen LogP contribution in [0.25, 0.3) is 0 Å². The van der Waals surface area contributed by atoms with Gasteiger partial charge in [0, 0.05) is 12.4 Å². The summed E-state index contributed by atoms with van der Waals surface area (Å²) in [5.41, 5.74) is 1.12. The van der Waals surface area contributed by atoms with Gasteiger partial charge in [-0.3, -0.25) is 4.98 Å². The first-order valence-corrected chi connectivity index (χ1v) is 4.65. The standard InChI is InChI=1S/C11H12N2/c12-9-11(4-2-5-11)7-10-3-1-6-13-8-10/h1,3,6,8H,2,4-5,7H2. The van der Waals surface area contributed by atoms with Gasteiger partial charge in [0.05, 0.1) is 11.5 Å². The molecule has 0 atom stereocenters. The lowest BCUT2D eigenvalue weighted by Gasteiger charge is -2.35. The normalized spacial score (nSPS) is 18.7. The first-order chi connectivity index (χ1) is 6.35. The van der Waals surface area contributed by atoms with Gasteiger partial charge in [0.25, 0.3) is 0 Å². The Morgan fingerprint density at radius 1 is 1.54 bits per heavy atom. The van der Waals surface area contributed by atoms with E-state index in [1.165, 1.54) is 12.0 Å². The van der Waals surface area contributed by atoms with Crippen LogP contribution in [0.15, 0.2) is 24.5 Å². The van der Waals surface area contributed by atoms with Crippen molar-refractivity contribution in [3.8, 4) is 6.07 Å². The van der Waals surface area contributed by atoms with Crippen LogP contribution in [-0.4, -0.2) is 4.98 Å². The molecule has 0 bridgehead atoms. The van der Waals surface area contributed by atoms with Gasteiger partial charge in [-0.05, 0) is 30.9 Å². The molecule has 0 aliphatic heterocycles. The molecule has 0 unspecified atom stereocenters. The van der Waals surface area contributed by atoms with Crippen LogP contribution in [0, 0.1) is 16.7 Å². The molecule has 2 rings (SSSR count). The first kappa shape index (κ1) is 8.25. The van der Waals surface area contributed by atoms with Crippen molar-refractivity contribution in [3.05, 3.63) is 30.1 Å². The fourth-order valence-corrected chi connectivity index (χ4v) is 1.83. The van der Waals surface area contributed by atoms with Crippen molar-refractivity contribution in [2.75, 3.05) is 0 Å². The number of pyridine rings is 1. The minimum Gasteiger partial charge on any atom is -0.264 e. The number of hydrogen-bond acceptors (Lipinski definition) is 2. The Balaban J connectivity index is 2.10. The topological polar surface area (TPSA) is 36.7 Å². The van der Waals surface area contributed by atoms with Gasteiger partial charge in [0.2, 0.25) is 0 Å². The van der Waals surface area contributed by atoms with Crippen LogP contribution in [0.1, 0.15) is 24.8 Å². The molecule has 1 fully saturated rings.